The van der Waals surface area contributed by atoms with Crippen LogP contribution in [0.15, 0.2) is 66.7 Å². The Morgan fingerprint density at radius 3 is 2.33 bits per heavy atom. The topological polar surface area (TPSA) is 167 Å². The Kier molecular flexibility index (Phi) is 11.0. The van der Waals surface area contributed by atoms with E-state index in [-0.39, 0.29) is 35.0 Å². The standard InChI is InChI=1S/C37H43ClN8O3/c1-22-18-28(35(48)42-30-16-17-40-21-30)12-15-31(22)25-6-2-23(3-7-25)19-32(43-34(47)27-8-4-24(20-39)5-9-27)36(49)41-29-13-10-26(11-14-29)33-44-37(38)46-45-33/h2-3,6-7,10-15,18,24,27,30,32,40H,4-5,8-9,16-17,19-21,39H2,1H3,(H,41,49)(H,42,48)(H,43,47)(H,44,45,46)/t24?,27?,30-,32-/m0/s1. The molecule has 3 amide bonds. The molecular formula is C37H43ClN8O3. The van der Waals surface area contributed by atoms with Gasteiger partial charge in [0.1, 0.15) is 6.04 Å². The zero-order valence-corrected chi connectivity index (χ0v) is 28.4. The van der Waals surface area contributed by atoms with Gasteiger partial charge in [-0.25, -0.2) is 5.10 Å². The van der Waals surface area contributed by atoms with Crippen LogP contribution in [-0.4, -0.2) is 64.6 Å². The average molecular weight is 683 g/mol. The third-order valence-corrected chi connectivity index (χ3v) is 9.81. The van der Waals surface area contributed by atoms with Crippen LogP contribution in [0.1, 0.15) is 53.6 Å². The van der Waals surface area contributed by atoms with E-state index in [1.165, 1.54) is 0 Å². The maximum atomic E-state index is 13.7. The number of aryl methyl sites for hydroxylation is 1. The number of hydrogen-bond acceptors (Lipinski definition) is 7. The molecule has 256 valence electrons. The number of nitrogens with two attached hydrogens (primary N) is 1. The molecule has 1 saturated heterocycles. The molecule has 1 aliphatic heterocycles. The summed E-state index contributed by atoms with van der Waals surface area (Å²) < 4.78 is 0. The van der Waals surface area contributed by atoms with Gasteiger partial charge in [-0.15, -0.1) is 0 Å². The summed E-state index contributed by atoms with van der Waals surface area (Å²) in [6.45, 7) is 4.35. The molecule has 3 aromatic carbocycles. The van der Waals surface area contributed by atoms with Gasteiger partial charge in [0.2, 0.25) is 17.1 Å². The number of carbonyl (C=O) groups excluding carboxylic acids is 3. The van der Waals surface area contributed by atoms with Crippen LogP contribution >= 0.6 is 11.6 Å². The summed E-state index contributed by atoms with van der Waals surface area (Å²) in [6, 6.07) is 20.3. The average Bonchev–Trinajstić information content (AvgIpc) is 3.80. The molecule has 2 heterocycles. The van der Waals surface area contributed by atoms with E-state index >= 15 is 0 Å². The van der Waals surface area contributed by atoms with Gasteiger partial charge in [-0.2, -0.15) is 10.1 Å². The Labute approximate surface area is 291 Å². The summed E-state index contributed by atoms with van der Waals surface area (Å²) in [5.41, 5.74) is 11.8. The molecular weight excluding hydrogens is 640 g/mol. The van der Waals surface area contributed by atoms with E-state index in [4.69, 9.17) is 17.3 Å². The van der Waals surface area contributed by atoms with Crippen molar-refractivity contribution in [2.45, 2.75) is 57.5 Å². The Morgan fingerprint density at radius 2 is 1.69 bits per heavy atom. The minimum Gasteiger partial charge on any atom is -0.348 e. The molecule has 0 spiro atoms. The quantitative estimate of drug-likeness (QED) is 0.134. The van der Waals surface area contributed by atoms with E-state index in [9.17, 15) is 14.4 Å². The van der Waals surface area contributed by atoms with E-state index in [1.807, 2.05) is 49.4 Å². The molecule has 0 radical (unpaired) electrons. The number of nitrogens with zero attached hydrogens (tertiary/aromatic N) is 2. The minimum absolute atomic E-state index is 0.0620. The predicted molar refractivity (Wildman–Crippen MR) is 191 cm³/mol. The summed E-state index contributed by atoms with van der Waals surface area (Å²) in [5, 5.41) is 19.3. The van der Waals surface area contributed by atoms with Crippen molar-refractivity contribution in [2.75, 3.05) is 25.0 Å². The largest absolute Gasteiger partial charge is 0.348 e. The molecule has 0 unspecified atom stereocenters. The van der Waals surface area contributed by atoms with Crippen molar-refractivity contribution in [1.82, 2.24) is 31.1 Å². The Bertz CT molecular complexity index is 1760. The van der Waals surface area contributed by atoms with Crippen LogP contribution in [-0.2, 0) is 16.0 Å². The smallest absolute Gasteiger partial charge is 0.251 e. The first kappa shape index (κ1) is 34.3. The Morgan fingerprint density at radius 1 is 0.959 bits per heavy atom. The van der Waals surface area contributed by atoms with Gasteiger partial charge in [-0.05, 0) is 128 Å². The molecule has 0 bridgehead atoms. The lowest BCUT2D eigenvalue weighted by Crippen LogP contribution is -2.48. The van der Waals surface area contributed by atoms with Gasteiger partial charge >= 0.3 is 0 Å². The number of amides is 3. The summed E-state index contributed by atoms with van der Waals surface area (Å²) in [6.07, 6.45) is 4.61. The fourth-order valence-corrected chi connectivity index (χ4v) is 6.82. The summed E-state index contributed by atoms with van der Waals surface area (Å²) in [5.74, 6) is 0.287. The van der Waals surface area contributed by atoms with E-state index in [0.717, 1.165) is 73.0 Å². The second kappa shape index (κ2) is 15.8. The number of H-pyrrole nitrogens is 1. The first-order valence-electron chi connectivity index (χ1n) is 17.0. The third kappa shape index (κ3) is 8.72. The lowest BCUT2D eigenvalue weighted by molar-refractivity contribution is -0.130. The summed E-state index contributed by atoms with van der Waals surface area (Å²) in [4.78, 5) is 44.0. The molecule has 4 aromatic rings. The van der Waals surface area contributed by atoms with Crippen molar-refractivity contribution in [3.63, 3.8) is 0 Å². The maximum Gasteiger partial charge on any atom is 0.251 e. The number of hydrogen-bond donors (Lipinski definition) is 6. The number of carbonyl (C=O) groups is 3. The summed E-state index contributed by atoms with van der Waals surface area (Å²) >= 11 is 5.87. The predicted octanol–water partition coefficient (Wildman–Crippen LogP) is 4.62. The molecule has 2 fully saturated rings. The number of aromatic amines is 1. The first-order valence-corrected chi connectivity index (χ1v) is 17.3. The van der Waals surface area contributed by atoms with Crippen molar-refractivity contribution >= 4 is 35.0 Å². The van der Waals surface area contributed by atoms with E-state index in [1.54, 1.807) is 24.3 Å². The van der Waals surface area contributed by atoms with Crippen LogP contribution in [0.4, 0.5) is 5.69 Å². The van der Waals surface area contributed by atoms with Crippen molar-refractivity contribution in [3.05, 3.63) is 88.7 Å². The van der Waals surface area contributed by atoms with E-state index < -0.39 is 6.04 Å². The van der Waals surface area contributed by atoms with Crippen LogP contribution in [0.25, 0.3) is 22.5 Å². The number of benzene rings is 3. The number of halogens is 1. The van der Waals surface area contributed by atoms with Gasteiger partial charge < -0.3 is 27.0 Å². The molecule has 6 rings (SSSR count). The molecule has 2 aliphatic rings. The van der Waals surface area contributed by atoms with E-state index in [0.29, 0.717) is 36.0 Å². The van der Waals surface area contributed by atoms with E-state index in [2.05, 4.69) is 36.4 Å². The Balaban J connectivity index is 1.14. The highest BCUT2D eigenvalue weighted by Crippen LogP contribution is 2.29. The van der Waals surface area contributed by atoms with Gasteiger partial charge in [-0.3, -0.25) is 14.4 Å². The monoisotopic (exact) mass is 682 g/mol. The third-order valence-electron chi connectivity index (χ3n) is 9.64. The van der Waals surface area contributed by atoms with Gasteiger partial charge in [0.15, 0.2) is 5.82 Å². The fourth-order valence-electron chi connectivity index (χ4n) is 6.69. The number of nitrogens with one attached hydrogen (secondary N) is 5. The van der Waals surface area contributed by atoms with Crippen LogP contribution < -0.4 is 27.0 Å². The molecule has 2 atom stereocenters. The van der Waals surface area contributed by atoms with Crippen LogP contribution in [0, 0.1) is 18.8 Å². The second-order valence-corrected chi connectivity index (χ2v) is 13.5. The van der Waals surface area contributed by atoms with Crippen molar-refractivity contribution < 1.29 is 14.4 Å². The Hall–Kier alpha value is -4.58. The SMILES string of the molecule is Cc1cc(C(=O)N[C@H]2CCNC2)ccc1-c1ccc(C[C@H](NC(=O)C2CCC(CN)CC2)C(=O)Nc2ccc(-c3n[nH]c(Cl)n3)cc2)cc1. The van der Waals surface area contributed by atoms with Crippen LogP contribution in [0.2, 0.25) is 5.28 Å². The van der Waals surface area contributed by atoms with Gasteiger partial charge in [0.05, 0.1) is 0 Å². The molecule has 49 heavy (non-hydrogen) atoms. The molecule has 1 saturated carbocycles. The van der Waals surface area contributed by atoms with Crippen molar-refractivity contribution in [3.8, 4) is 22.5 Å². The van der Waals surface area contributed by atoms with Crippen molar-refractivity contribution in [2.24, 2.45) is 17.6 Å². The van der Waals surface area contributed by atoms with Gasteiger partial charge in [0, 0.05) is 41.7 Å². The van der Waals surface area contributed by atoms with Gasteiger partial charge in [0.25, 0.3) is 5.91 Å². The highest BCUT2D eigenvalue weighted by molar-refractivity contribution is 6.28. The maximum absolute atomic E-state index is 13.7. The zero-order valence-electron chi connectivity index (χ0n) is 27.6. The normalized spacial score (nSPS) is 19.6. The first-order chi connectivity index (χ1) is 23.7. The fraction of sp³-hybridized carbons (Fsp3) is 0.378. The molecule has 7 N–H and O–H groups in total. The zero-order chi connectivity index (χ0) is 34.3. The lowest BCUT2D eigenvalue weighted by atomic mass is 9.81. The molecule has 1 aromatic heterocycles. The highest BCUT2D eigenvalue weighted by Gasteiger charge is 2.29. The number of rotatable bonds is 11. The van der Waals surface area contributed by atoms with Crippen LogP contribution in [0.5, 0.6) is 0 Å². The highest BCUT2D eigenvalue weighted by atomic mass is 35.5. The van der Waals surface area contributed by atoms with Crippen LogP contribution in [0.3, 0.4) is 0 Å². The number of anilines is 1. The number of aromatic nitrogens is 3. The van der Waals surface area contributed by atoms with Crippen molar-refractivity contribution in [1.29, 1.82) is 0 Å². The molecule has 1 aliphatic carbocycles. The van der Waals surface area contributed by atoms with Gasteiger partial charge in [-0.1, -0.05) is 30.3 Å². The molecule has 12 heteroatoms. The second-order valence-electron chi connectivity index (χ2n) is 13.1. The minimum atomic E-state index is -0.785. The lowest BCUT2D eigenvalue weighted by Gasteiger charge is -2.28. The molecule has 11 nitrogen and oxygen atoms in total. The summed E-state index contributed by atoms with van der Waals surface area (Å²) in [7, 11) is 0.